The summed E-state index contributed by atoms with van der Waals surface area (Å²) < 4.78 is 0. The standard InChI is InChI=1S/C20H39NO4/c1-2-3-4-5-6-7-8-9-10-11-12-14-19(23)21(16-13-18-22)17-15-20(24)25/h22H,2-18H2,1H3,(H,24,25). The van der Waals surface area contributed by atoms with Crippen LogP contribution in [0.2, 0.25) is 0 Å². The molecule has 0 aliphatic rings. The van der Waals surface area contributed by atoms with E-state index < -0.39 is 5.97 Å². The van der Waals surface area contributed by atoms with Gasteiger partial charge in [0.15, 0.2) is 0 Å². The summed E-state index contributed by atoms with van der Waals surface area (Å²) >= 11 is 0. The lowest BCUT2D eigenvalue weighted by molar-refractivity contribution is -0.138. The van der Waals surface area contributed by atoms with Crippen molar-refractivity contribution in [2.24, 2.45) is 0 Å². The first-order valence-corrected chi connectivity index (χ1v) is 10.2. The van der Waals surface area contributed by atoms with Gasteiger partial charge in [0.05, 0.1) is 6.42 Å². The molecule has 0 aliphatic carbocycles. The summed E-state index contributed by atoms with van der Waals surface area (Å²) in [7, 11) is 0. The second-order valence-electron chi connectivity index (χ2n) is 6.89. The van der Waals surface area contributed by atoms with Gasteiger partial charge in [-0.05, 0) is 12.8 Å². The second kappa shape index (κ2) is 17.7. The highest BCUT2D eigenvalue weighted by Gasteiger charge is 2.13. The van der Waals surface area contributed by atoms with Crippen molar-refractivity contribution in [1.29, 1.82) is 0 Å². The van der Waals surface area contributed by atoms with Gasteiger partial charge in [-0.3, -0.25) is 9.59 Å². The first-order valence-electron chi connectivity index (χ1n) is 10.2. The van der Waals surface area contributed by atoms with Gasteiger partial charge in [-0.1, -0.05) is 71.1 Å². The fourth-order valence-electron chi connectivity index (χ4n) is 2.95. The molecule has 0 atom stereocenters. The van der Waals surface area contributed by atoms with Gasteiger partial charge in [0, 0.05) is 26.1 Å². The van der Waals surface area contributed by atoms with E-state index in [0.29, 0.717) is 19.4 Å². The first kappa shape index (κ1) is 23.9. The Morgan fingerprint density at radius 3 is 1.72 bits per heavy atom. The SMILES string of the molecule is CCCCCCCCCCCCCC(=O)N(CCCO)CCC(=O)O. The van der Waals surface area contributed by atoms with E-state index >= 15 is 0 Å². The Morgan fingerprint density at radius 1 is 0.720 bits per heavy atom. The summed E-state index contributed by atoms with van der Waals surface area (Å²) in [6, 6.07) is 0. The number of aliphatic hydroxyl groups is 1. The highest BCUT2D eigenvalue weighted by atomic mass is 16.4. The lowest BCUT2D eigenvalue weighted by Gasteiger charge is -2.21. The Kier molecular flexibility index (Phi) is 16.9. The molecule has 0 unspecified atom stereocenters. The van der Waals surface area contributed by atoms with Crippen molar-refractivity contribution in [1.82, 2.24) is 4.90 Å². The smallest absolute Gasteiger partial charge is 0.305 e. The molecule has 0 fully saturated rings. The molecule has 0 aromatic carbocycles. The van der Waals surface area contributed by atoms with Crippen molar-refractivity contribution in [2.45, 2.75) is 96.8 Å². The van der Waals surface area contributed by atoms with E-state index in [1.54, 1.807) is 4.90 Å². The van der Waals surface area contributed by atoms with E-state index in [2.05, 4.69) is 6.92 Å². The minimum atomic E-state index is -0.892. The number of aliphatic carboxylic acids is 1. The van der Waals surface area contributed by atoms with Gasteiger partial charge < -0.3 is 15.1 Å². The number of rotatable bonds is 18. The average molecular weight is 358 g/mol. The van der Waals surface area contributed by atoms with Crippen LogP contribution in [0.1, 0.15) is 96.8 Å². The van der Waals surface area contributed by atoms with Gasteiger partial charge in [0.25, 0.3) is 0 Å². The van der Waals surface area contributed by atoms with Crippen molar-refractivity contribution in [3.8, 4) is 0 Å². The van der Waals surface area contributed by atoms with Gasteiger partial charge in [-0.15, -0.1) is 0 Å². The zero-order valence-corrected chi connectivity index (χ0v) is 16.2. The largest absolute Gasteiger partial charge is 0.481 e. The molecule has 0 heterocycles. The van der Waals surface area contributed by atoms with Gasteiger partial charge in [0.1, 0.15) is 0 Å². The van der Waals surface area contributed by atoms with E-state index in [0.717, 1.165) is 12.8 Å². The molecular formula is C20H39NO4. The van der Waals surface area contributed by atoms with Gasteiger partial charge in [-0.25, -0.2) is 0 Å². The fourth-order valence-corrected chi connectivity index (χ4v) is 2.95. The van der Waals surface area contributed by atoms with E-state index in [4.69, 9.17) is 10.2 Å². The summed E-state index contributed by atoms with van der Waals surface area (Å²) in [4.78, 5) is 24.4. The number of carbonyl (C=O) groups excluding carboxylic acids is 1. The van der Waals surface area contributed by atoms with E-state index in [-0.39, 0.29) is 25.5 Å². The predicted molar refractivity (Wildman–Crippen MR) is 102 cm³/mol. The van der Waals surface area contributed by atoms with Crippen LogP contribution in [0.25, 0.3) is 0 Å². The van der Waals surface area contributed by atoms with Crippen molar-refractivity contribution in [3.63, 3.8) is 0 Å². The maximum absolute atomic E-state index is 12.2. The van der Waals surface area contributed by atoms with Crippen LogP contribution >= 0.6 is 0 Å². The number of hydrogen-bond donors (Lipinski definition) is 2. The van der Waals surface area contributed by atoms with E-state index in [9.17, 15) is 9.59 Å². The number of carboxylic acids is 1. The Bertz CT molecular complexity index is 334. The quantitative estimate of drug-likeness (QED) is 0.357. The molecule has 5 heteroatoms. The average Bonchev–Trinajstić information content (AvgIpc) is 2.59. The minimum Gasteiger partial charge on any atom is -0.481 e. The monoisotopic (exact) mass is 357 g/mol. The second-order valence-corrected chi connectivity index (χ2v) is 6.89. The molecule has 148 valence electrons. The maximum Gasteiger partial charge on any atom is 0.305 e. The molecule has 0 aliphatic heterocycles. The first-order chi connectivity index (χ1) is 12.1. The molecule has 0 saturated heterocycles. The Labute approximate surface area is 153 Å². The van der Waals surface area contributed by atoms with E-state index in [1.807, 2.05) is 0 Å². The molecule has 0 rings (SSSR count). The van der Waals surface area contributed by atoms with Crippen LogP contribution in [0.5, 0.6) is 0 Å². The molecule has 0 saturated carbocycles. The Hall–Kier alpha value is -1.10. The van der Waals surface area contributed by atoms with Gasteiger partial charge in [-0.2, -0.15) is 0 Å². The molecule has 1 amide bonds. The highest BCUT2D eigenvalue weighted by molar-refractivity contribution is 5.77. The summed E-state index contributed by atoms with van der Waals surface area (Å²) in [5.74, 6) is -0.873. The molecular weight excluding hydrogens is 318 g/mol. The van der Waals surface area contributed by atoms with Gasteiger partial charge >= 0.3 is 5.97 Å². The molecule has 2 N–H and O–H groups in total. The number of nitrogens with zero attached hydrogens (tertiary/aromatic N) is 1. The van der Waals surface area contributed by atoms with Gasteiger partial charge in [0.2, 0.25) is 5.91 Å². The lowest BCUT2D eigenvalue weighted by atomic mass is 10.1. The van der Waals surface area contributed by atoms with Crippen molar-refractivity contribution in [3.05, 3.63) is 0 Å². The molecule has 0 bridgehead atoms. The normalized spacial score (nSPS) is 10.8. The molecule has 0 aromatic rings. The van der Waals surface area contributed by atoms with Crippen LogP contribution in [0.15, 0.2) is 0 Å². The van der Waals surface area contributed by atoms with Crippen molar-refractivity contribution in [2.75, 3.05) is 19.7 Å². The summed E-state index contributed by atoms with van der Waals surface area (Å²) in [5.41, 5.74) is 0. The third-order valence-corrected chi connectivity index (χ3v) is 4.53. The van der Waals surface area contributed by atoms with Crippen LogP contribution in [0.4, 0.5) is 0 Å². The summed E-state index contributed by atoms with van der Waals surface area (Å²) in [5, 5.41) is 17.7. The van der Waals surface area contributed by atoms with Crippen LogP contribution in [0.3, 0.4) is 0 Å². The van der Waals surface area contributed by atoms with Crippen LogP contribution in [0, 0.1) is 0 Å². The summed E-state index contributed by atoms with van der Waals surface area (Å²) in [6.07, 6.45) is 14.7. The zero-order chi connectivity index (χ0) is 18.8. The number of hydrogen-bond acceptors (Lipinski definition) is 3. The molecule has 0 radical (unpaired) electrons. The predicted octanol–water partition coefficient (Wildman–Crippen LogP) is 4.37. The van der Waals surface area contributed by atoms with E-state index in [1.165, 1.54) is 57.8 Å². The summed E-state index contributed by atoms with van der Waals surface area (Å²) in [6.45, 7) is 2.95. The zero-order valence-electron chi connectivity index (χ0n) is 16.2. The number of carbonyl (C=O) groups is 2. The minimum absolute atomic E-state index is 0.0191. The third-order valence-electron chi connectivity index (χ3n) is 4.53. The fraction of sp³-hybridized carbons (Fsp3) is 0.900. The molecule has 5 nitrogen and oxygen atoms in total. The number of amides is 1. The number of carboxylic acid groups (broad SMARTS) is 1. The Balaban J connectivity index is 3.65. The maximum atomic E-state index is 12.2. The van der Waals surface area contributed by atoms with Crippen LogP contribution in [-0.2, 0) is 9.59 Å². The Morgan fingerprint density at radius 2 is 1.24 bits per heavy atom. The number of unbranched alkanes of at least 4 members (excludes halogenated alkanes) is 10. The molecule has 0 aromatic heterocycles. The van der Waals surface area contributed by atoms with Crippen molar-refractivity contribution >= 4 is 11.9 Å². The van der Waals surface area contributed by atoms with Crippen molar-refractivity contribution < 1.29 is 19.8 Å². The highest BCUT2D eigenvalue weighted by Crippen LogP contribution is 2.12. The number of aliphatic hydroxyl groups excluding tert-OH is 1. The lowest BCUT2D eigenvalue weighted by Crippen LogP contribution is -2.34. The third kappa shape index (κ3) is 16.1. The van der Waals surface area contributed by atoms with Crippen LogP contribution in [-0.4, -0.2) is 46.7 Å². The van der Waals surface area contributed by atoms with Crippen LogP contribution < -0.4 is 0 Å². The molecule has 25 heavy (non-hydrogen) atoms. The topological polar surface area (TPSA) is 77.8 Å². The molecule has 0 spiro atoms.